The van der Waals surface area contributed by atoms with Crippen molar-refractivity contribution in [2.45, 2.75) is 12.3 Å². The number of hydrogen-bond donors (Lipinski definition) is 2. The van der Waals surface area contributed by atoms with E-state index >= 15 is 0 Å². The number of likely N-dealkylation sites (tertiary alicyclic amines) is 1. The van der Waals surface area contributed by atoms with Gasteiger partial charge in [-0.15, -0.1) is 0 Å². The summed E-state index contributed by atoms with van der Waals surface area (Å²) in [5.41, 5.74) is 3.54. The molecule has 1 saturated heterocycles. The van der Waals surface area contributed by atoms with E-state index in [0.717, 1.165) is 25.2 Å². The highest BCUT2D eigenvalue weighted by Gasteiger charge is 2.24. The number of rotatable bonds is 8. The number of likely N-dealkylation sites (N-methyl/N-ethyl adjacent to an activating group) is 1. The van der Waals surface area contributed by atoms with Gasteiger partial charge >= 0.3 is 0 Å². The number of nitrogens with zero attached hydrogens (tertiary/aromatic N) is 1. The molecule has 150 valence electrons. The topological polar surface area (TPSA) is 44.4 Å². The molecule has 0 aromatic heterocycles. The largest absolute Gasteiger partial charge is 0.383 e. The van der Waals surface area contributed by atoms with E-state index in [9.17, 15) is 4.79 Å². The second-order valence-electron chi connectivity index (χ2n) is 6.81. The first-order valence-corrected chi connectivity index (χ1v) is 9.99. The van der Waals surface area contributed by atoms with Crippen LogP contribution in [0.2, 0.25) is 0 Å². The van der Waals surface area contributed by atoms with Crippen LogP contribution in [0.25, 0.3) is 0 Å². The number of hydrogen-bond acceptors (Lipinski definition) is 3. The number of allylic oxidation sites excluding steroid dienone is 4. The maximum Gasteiger partial charge on any atom is 0.243 e. The van der Waals surface area contributed by atoms with Gasteiger partial charge in [-0.2, -0.15) is 0 Å². The van der Waals surface area contributed by atoms with Crippen LogP contribution in [0.4, 0.5) is 5.69 Å². The van der Waals surface area contributed by atoms with Gasteiger partial charge in [0.25, 0.3) is 0 Å². The third-order valence-corrected chi connectivity index (χ3v) is 4.90. The van der Waals surface area contributed by atoms with Crippen LogP contribution in [-0.2, 0) is 4.79 Å². The van der Waals surface area contributed by atoms with Crippen molar-refractivity contribution >= 4 is 34.8 Å². The third-order valence-electron chi connectivity index (χ3n) is 4.57. The molecule has 1 aliphatic rings. The summed E-state index contributed by atoms with van der Waals surface area (Å²) >= 11 is 12.2. The van der Waals surface area contributed by atoms with Crippen LogP contribution in [0.15, 0.2) is 71.3 Å². The predicted molar refractivity (Wildman–Crippen MR) is 120 cm³/mol. The molecule has 1 aromatic carbocycles. The number of anilines is 1. The molecule has 1 unspecified atom stereocenters. The Hall–Kier alpha value is -2.01. The maximum atomic E-state index is 11.2. The Bertz CT molecular complexity index is 786. The summed E-state index contributed by atoms with van der Waals surface area (Å²) in [5, 5.41) is 7.12. The maximum absolute atomic E-state index is 11.2. The summed E-state index contributed by atoms with van der Waals surface area (Å²) in [6.07, 6.45) is 5.90. The molecule has 1 aromatic rings. The highest BCUT2D eigenvalue weighted by atomic mass is 35.5. The lowest BCUT2D eigenvalue weighted by Gasteiger charge is -2.33. The van der Waals surface area contributed by atoms with E-state index in [-0.39, 0.29) is 11.8 Å². The van der Waals surface area contributed by atoms with E-state index in [0.29, 0.717) is 23.2 Å². The second-order valence-corrected chi connectivity index (χ2v) is 7.73. The highest BCUT2D eigenvalue weighted by molar-refractivity contribution is 6.35. The number of amides is 1. The average molecular weight is 420 g/mol. The monoisotopic (exact) mass is 419 g/mol. The molecule has 0 saturated carbocycles. The van der Waals surface area contributed by atoms with Crippen LogP contribution in [0.1, 0.15) is 17.9 Å². The first-order valence-electron chi connectivity index (χ1n) is 9.23. The van der Waals surface area contributed by atoms with Crippen LogP contribution in [0.5, 0.6) is 0 Å². The van der Waals surface area contributed by atoms with Gasteiger partial charge in [-0.3, -0.25) is 4.79 Å². The van der Waals surface area contributed by atoms with Crippen LogP contribution >= 0.6 is 23.2 Å². The first kappa shape index (κ1) is 22.3. The van der Waals surface area contributed by atoms with E-state index in [1.807, 2.05) is 18.2 Å². The van der Waals surface area contributed by atoms with E-state index in [1.165, 1.54) is 17.2 Å². The molecule has 2 rings (SSSR count). The fraction of sp³-hybridized carbons (Fsp3) is 0.318. The average Bonchev–Trinajstić information content (AvgIpc) is 2.66. The summed E-state index contributed by atoms with van der Waals surface area (Å²) < 4.78 is 0. The minimum Gasteiger partial charge on any atom is -0.383 e. The van der Waals surface area contributed by atoms with Crippen molar-refractivity contribution in [3.63, 3.8) is 0 Å². The number of carbonyl (C=O) groups is 1. The lowest BCUT2D eigenvalue weighted by Crippen LogP contribution is -2.32. The minimum absolute atomic E-state index is 0.167. The molecule has 1 aliphatic heterocycles. The summed E-state index contributed by atoms with van der Waals surface area (Å²) in [4.78, 5) is 13.5. The highest BCUT2D eigenvalue weighted by Crippen LogP contribution is 2.34. The molecule has 0 radical (unpaired) electrons. The number of piperidine rings is 1. The zero-order chi connectivity index (χ0) is 20.5. The number of carbonyl (C=O) groups excluding carboxylic acids is 1. The van der Waals surface area contributed by atoms with Gasteiger partial charge in [0.05, 0.1) is 0 Å². The zero-order valence-electron chi connectivity index (χ0n) is 16.2. The quantitative estimate of drug-likeness (QED) is 0.367. The predicted octanol–water partition coefficient (Wildman–Crippen LogP) is 4.62. The molecule has 0 aliphatic carbocycles. The molecule has 1 fully saturated rings. The summed E-state index contributed by atoms with van der Waals surface area (Å²) in [6, 6.07) is 8.37. The number of nitrogens with one attached hydrogen (secondary N) is 2. The van der Waals surface area contributed by atoms with Crippen molar-refractivity contribution in [1.82, 2.24) is 10.2 Å². The molecule has 1 amide bonds. The molecule has 0 spiro atoms. The van der Waals surface area contributed by atoms with Crippen molar-refractivity contribution in [1.29, 1.82) is 0 Å². The van der Waals surface area contributed by atoms with E-state index in [2.05, 4.69) is 47.9 Å². The van der Waals surface area contributed by atoms with E-state index < -0.39 is 0 Å². The smallest absolute Gasteiger partial charge is 0.243 e. The fourth-order valence-corrected chi connectivity index (χ4v) is 3.65. The summed E-state index contributed by atoms with van der Waals surface area (Å²) in [6.45, 7) is 10.2. The number of benzene rings is 1. The van der Waals surface area contributed by atoms with Crippen molar-refractivity contribution < 1.29 is 4.79 Å². The molecular weight excluding hydrogens is 393 g/mol. The van der Waals surface area contributed by atoms with Crippen LogP contribution in [0, 0.1) is 0 Å². The van der Waals surface area contributed by atoms with Crippen molar-refractivity contribution in [2.24, 2.45) is 0 Å². The Labute approximate surface area is 177 Å². The van der Waals surface area contributed by atoms with Crippen LogP contribution in [-0.4, -0.2) is 44.0 Å². The van der Waals surface area contributed by atoms with Gasteiger partial charge in [0.1, 0.15) is 0 Å². The lowest BCUT2D eigenvalue weighted by molar-refractivity contribution is -0.116. The van der Waals surface area contributed by atoms with Crippen molar-refractivity contribution in [3.8, 4) is 0 Å². The SMILES string of the molecule is C=CC(=O)NCCNc1cccc(C2CN(C)CC/C2=C\C(Cl)=C/C(=C)Cl)c1. The van der Waals surface area contributed by atoms with Crippen molar-refractivity contribution in [3.05, 3.63) is 76.9 Å². The summed E-state index contributed by atoms with van der Waals surface area (Å²) in [7, 11) is 2.13. The van der Waals surface area contributed by atoms with Crippen LogP contribution in [0.3, 0.4) is 0 Å². The van der Waals surface area contributed by atoms with Gasteiger partial charge in [-0.25, -0.2) is 0 Å². The van der Waals surface area contributed by atoms with Gasteiger partial charge in [0.2, 0.25) is 5.91 Å². The van der Waals surface area contributed by atoms with E-state index in [1.54, 1.807) is 6.08 Å². The van der Waals surface area contributed by atoms with Gasteiger partial charge in [0.15, 0.2) is 0 Å². The van der Waals surface area contributed by atoms with Gasteiger partial charge < -0.3 is 15.5 Å². The zero-order valence-corrected chi connectivity index (χ0v) is 17.7. The normalized spacial score (nSPS) is 19.3. The summed E-state index contributed by atoms with van der Waals surface area (Å²) in [5.74, 6) is 0.0897. The molecule has 1 atom stereocenters. The Morgan fingerprint density at radius 3 is 2.86 bits per heavy atom. The molecule has 4 nitrogen and oxygen atoms in total. The molecule has 28 heavy (non-hydrogen) atoms. The molecule has 6 heteroatoms. The Morgan fingerprint density at radius 1 is 1.36 bits per heavy atom. The third kappa shape index (κ3) is 7.19. The van der Waals surface area contributed by atoms with Gasteiger partial charge in [-0.1, -0.05) is 54.1 Å². The van der Waals surface area contributed by atoms with Gasteiger partial charge in [0, 0.05) is 47.8 Å². The standard InChI is InChI=1S/C22H27Cl2N3O/c1-4-22(28)26-10-9-25-20-7-5-6-17(14-20)21-15-27(3)11-8-18(21)13-19(24)12-16(2)23/h4-7,12-14,21,25H,1-2,8-11,15H2,3H3,(H,26,28)/b18-13+,19-12+. The molecule has 0 bridgehead atoms. The van der Waals surface area contributed by atoms with Crippen LogP contribution < -0.4 is 10.6 Å². The first-order chi connectivity index (χ1) is 13.4. The minimum atomic E-state index is -0.167. The fourth-order valence-electron chi connectivity index (χ4n) is 3.21. The number of halogens is 2. The molecular formula is C22H27Cl2N3O. The second kappa shape index (κ2) is 11.1. The van der Waals surface area contributed by atoms with Gasteiger partial charge in [-0.05, 0) is 49.4 Å². The molecule has 1 heterocycles. The Balaban J connectivity index is 2.13. The Kier molecular flexibility index (Phi) is 8.84. The van der Waals surface area contributed by atoms with E-state index in [4.69, 9.17) is 23.2 Å². The Morgan fingerprint density at radius 2 is 2.14 bits per heavy atom. The molecule has 2 N–H and O–H groups in total. The lowest BCUT2D eigenvalue weighted by atomic mass is 9.85. The van der Waals surface area contributed by atoms with Crippen molar-refractivity contribution in [2.75, 3.05) is 38.5 Å².